The third kappa shape index (κ3) is 4.31. The summed E-state index contributed by atoms with van der Waals surface area (Å²) < 4.78 is 10.9. The van der Waals surface area contributed by atoms with Crippen molar-refractivity contribution in [2.24, 2.45) is 0 Å². The zero-order valence-electron chi connectivity index (χ0n) is 13.6. The van der Waals surface area contributed by atoms with E-state index in [2.05, 4.69) is 15.6 Å². The lowest BCUT2D eigenvalue weighted by Crippen LogP contribution is -2.41. The molecule has 0 aliphatic carbocycles. The molecule has 1 saturated heterocycles. The van der Waals surface area contributed by atoms with Gasteiger partial charge < -0.3 is 20.1 Å². The van der Waals surface area contributed by atoms with E-state index >= 15 is 0 Å². The number of ether oxygens (including phenoxy) is 2. The average molecular weight is 347 g/mol. The molecule has 1 fully saturated rings. The van der Waals surface area contributed by atoms with Crippen molar-refractivity contribution < 1.29 is 14.3 Å². The summed E-state index contributed by atoms with van der Waals surface area (Å²) in [4.78, 5) is 17.5. The van der Waals surface area contributed by atoms with E-state index in [-0.39, 0.29) is 12.0 Å². The number of aromatic nitrogens is 1. The van der Waals surface area contributed by atoms with E-state index in [0.717, 1.165) is 34.3 Å². The number of thiazole rings is 1. The van der Waals surface area contributed by atoms with Crippen molar-refractivity contribution in [1.29, 1.82) is 0 Å². The molecule has 0 spiro atoms. The normalized spacial score (nSPS) is 17.5. The predicted molar refractivity (Wildman–Crippen MR) is 93.2 cm³/mol. The number of morpholine rings is 1. The number of rotatable bonds is 6. The van der Waals surface area contributed by atoms with Crippen LogP contribution in [-0.2, 0) is 16.1 Å². The Hall–Kier alpha value is -1.96. The monoisotopic (exact) mass is 347 g/mol. The molecule has 6 nitrogen and oxygen atoms in total. The molecular weight excluding hydrogens is 326 g/mol. The Morgan fingerprint density at radius 3 is 3.17 bits per heavy atom. The third-order valence-corrected chi connectivity index (χ3v) is 4.80. The van der Waals surface area contributed by atoms with Gasteiger partial charge >= 0.3 is 0 Å². The summed E-state index contributed by atoms with van der Waals surface area (Å²) in [5.41, 5.74) is 0.962. The summed E-state index contributed by atoms with van der Waals surface area (Å²) in [7, 11) is 1.65. The molecule has 0 saturated carbocycles. The van der Waals surface area contributed by atoms with Crippen LogP contribution in [0.15, 0.2) is 30.5 Å². The van der Waals surface area contributed by atoms with Gasteiger partial charge in [0.05, 0.1) is 38.3 Å². The lowest BCUT2D eigenvalue weighted by molar-refractivity contribution is -0.124. The number of para-hydroxylation sites is 1. The van der Waals surface area contributed by atoms with Gasteiger partial charge in [-0.15, -0.1) is 11.3 Å². The van der Waals surface area contributed by atoms with E-state index in [1.807, 2.05) is 24.3 Å². The van der Waals surface area contributed by atoms with Gasteiger partial charge in [0.15, 0.2) is 0 Å². The molecule has 1 atom stereocenters. The van der Waals surface area contributed by atoms with Gasteiger partial charge in [-0.05, 0) is 12.1 Å². The van der Waals surface area contributed by atoms with Crippen LogP contribution < -0.4 is 15.4 Å². The summed E-state index contributed by atoms with van der Waals surface area (Å²) in [5.74, 6) is 0.792. The molecule has 0 radical (unpaired) electrons. The van der Waals surface area contributed by atoms with Crippen molar-refractivity contribution in [2.75, 3.05) is 26.8 Å². The second-order valence-electron chi connectivity index (χ2n) is 5.51. The maximum Gasteiger partial charge on any atom is 0.222 e. The molecule has 1 amide bonds. The van der Waals surface area contributed by atoms with Crippen LogP contribution in [0.5, 0.6) is 5.75 Å². The van der Waals surface area contributed by atoms with Crippen molar-refractivity contribution in [1.82, 2.24) is 15.6 Å². The molecule has 1 aromatic heterocycles. The van der Waals surface area contributed by atoms with Crippen molar-refractivity contribution in [3.63, 3.8) is 0 Å². The molecule has 2 heterocycles. The minimum absolute atomic E-state index is 0.00376. The molecule has 128 valence electrons. The van der Waals surface area contributed by atoms with E-state index in [4.69, 9.17) is 9.47 Å². The summed E-state index contributed by atoms with van der Waals surface area (Å²) in [6.07, 6.45) is 2.14. The van der Waals surface area contributed by atoms with Crippen molar-refractivity contribution >= 4 is 17.2 Å². The highest BCUT2D eigenvalue weighted by Gasteiger charge is 2.17. The predicted octanol–water partition coefficient (Wildman–Crippen LogP) is 1.81. The molecule has 2 aromatic rings. The lowest BCUT2D eigenvalue weighted by Gasteiger charge is -2.22. The minimum Gasteiger partial charge on any atom is -0.496 e. The molecule has 1 aliphatic heterocycles. The fourth-order valence-corrected chi connectivity index (χ4v) is 3.43. The number of benzene rings is 1. The molecule has 1 aliphatic rings. The largest absolute Gasteiger partial charge is 0.496 e. The van der Waals surface area contributed by atoms with E-state index in [0.29, 0.717) is 19.6 Å². The molecule has 3 rings (SSSR count). The Labute approximate surface area is 145 Å². The fraction of sp³-hybridized carbons (Fsp3) is 0.412. The fourth-order valence-electron chi connectivity index (χ4n) is 2.55. The van der Waals surface area contributed by atoms with E-state index in [9.17, 15) is 4.79 Å². The standard InChI is InChI=1S/C17H21N3O3S/c1-22-15-5-3-2-4-14(15)17-20-11-13(24-17)10-19-16(21)8-12-9-18-6-7-23-12/h2-5,11-12,18H,6-10H2,1H3,(H,19,21)/t12-/m1/s1. The maximum atomic E-state index is 12.0. The third-order valence-electron chi connectivity index (χ3n) is 3.77. The first-order valence-corrected chi connectivity index (χ1v) is 8.75. The summed E-state index contributed by atoms with van der Waals surface area (Å²) in [6.45, 7) is 2.72. The Kier molecular flexibility index (Phi) is 5.79. The van der Waals surface area contributed by atoms with Crippen LogP contribution in [0.1, 0.15) is 11.3 Å². The Balaban J connectivity index is 1.55. The second-order valence-corrected chi connectivity index (χ2v) is 6.62. The van der Waals surface area contributed by atoms with Crippen molar-refractivity contribution in [3.05, 3.63) is 35.3 Å². The molecule has 2 N–H and O–H groups in total. The molecule has 24 heavy (non-hydrogen) atoms. The van der Waals surface area contributed by atoms with Crippen LogP contribution >= 0.6 is 11.3 Å². The average Bonchev–Trinajstić information content (AvgIpc) is 3.09. The second kappa shape index (κ2) is 8.23. The molecule has 7 heteroatoms. The number of nitrogens with zero attached hydrogens (tertiary/aromatic N) is 1. The first-order valence-electron chi connectivity index (χ1n) is 7.93. The number of carbonyl (C=O) groups is 1. The van der Waals surface area contributed by atoms with E-state index in [1.54, 1.807) is 24.6 Å². The van der Waals surface area contributed by atoms with E-state index in [1.165, 1.54) is 0 Å². The van der Waals surface area contributed by atoms with Crippen LogP contribution in [-0.4, -0.2) is 43.8 Å². The number of carbonyl (C=O) groups excluding carboxylic acids is 1. The zero-order valence-corrected chi connectivity index (χ0v) is 14.4. The number of hydrogen-bond acceptors (Lipinski definition) is 6. The van der Waals surface area contributed by atoms with Crippen LogP contribution in [0.4, 0.5) is 0 Å². The van der Waals surface area contributed by atoms with Crippen LogP contribution in [0.3, 0.4) is 0 Å². The van der Waals surface area contributed by atoms with Gasteiger partial charge in [-0.3, -0.25) is 4.79 Å². The topological polar surface area (TPSA) is 72.5 Å². The molecule has 0 unspecified atom stereocenters. The smallest absolute Gasteiger partial charge is 0.222 e. The maximum absolute atomic E-state index is 12.0. The Morgan fingerprint density at radius 2 is 2.38 bits per heavy atom. The van der Waals surface area contributed by atoms with Gasteiger partial charge in [0.2, 0.25) is 5.91 Å². The molecule has 0 bridgehead atoms. The highest BCUT2D eigenvalue weighted by Crippen LogP contribution is 2.32. The van der Waals surface area contributed by atoms with Crippen molar-refractivity contribution in [3.8, 4) is 16.3 Å². The highest BCUT2D eigenvalue weighted by molar-refractivity contribution is 7.15. The van der Waals surface area contributed by atoms with Crippen LogP contribution in [0, 0.1) is 0 Å². The van der Waals surface area contributed by atoms with Crippen LogP contribution in [0.2, 0.25) is 0 Å². The Bertz CT molecular complexity index is 683. The Morgan fingerprint density at radius 1 is 1.50 bits per heavy atom. The first-order chi connectivity index (χ1) is 11.8. The van der Waals surface area contributed by atoms with Crippen molar-refractivity contribution in [2.45, 2.75) is 19.1 Å². The summed E-state index contributed by atoms with van der Waals surface area (Å²) >= 11 is 1.55. The van der Waals surface area contributed by atoms with Gasteiger partial charge in [-0.25, -0.2) is 4.98 Å². The zero-order chi connectivity index (χ0) is 16.8. The highest BCUT2D eigenvalue weighted by atomic mass is 32.1. The molecule has 1 aromatic carbocycles. The lowest BCUT2D eigenvalue weighted by atomic mass is 10.2. The van der Waals surface area contributed by atoms with E-state index < -0.39 is 0 Å². The quantitative estimate of drug-likeness (QED) is 0.834. The van der Waals surface area contributed by atoms with Gasteiger partial charge in [-0.1, -0.05) is 12.1 Å². The number of hydrogen-bond donors (Lipinski definition) is 2. The van der Waals surface area contributed by atoms with Gasteiger partial charge in [0.25, 0.3) is 0 Å². The number of methoxy groups -OCH3 is 1. The minimum atomic E-state index is -0.0376. The van der Waals surface area contributed by atoms with Gasteiger partial charge in [0, 0.05) is 24.2 Å². The van der Waals surface area contributed by atoms with Gasteiger partial charge in [0.1, 0.15) is 10.8 Å². The van der Waals surface area contributed by atoms with Gasteiger partial charge in [-0.2, -0.15) is 0 Å². The SMILES string of the molecule is COc1ccccc1-c1ncc(CNC(=O)C[C@@H]2CNCCO2)s1. The molecular formula is C17H21N3O3S. The van der Waals surface area contributed by atoms with Crippen LogP contribution in [0.25, 0.3) is 10.6 Å². The number of amides is 1. The summed E-state index contributed by atoms with van der Waals surface area (Å²) in [6, 6.07) is 7.78. The summed E-state index contributed by atoms with van der Waals surface area (Å²) in [5, 5.41) is 7.04. The first kappa shape index (κ1) is 16.9. The number of nitrogens with one attached hydrogen (secondary N) is 2.